The van der Waals surface area contributed by atoms with Crippen LogP contribution in [-0.4, -0.2) is 54.4 Å². The van der Waals surface area contributed by atoms with Crippen molar-refractivity contribution < 1.29 is 19.2 Å². The summed E-state index contributed by atoms with van der Waals surface area (Å²) in [5.41, 5.74) is 5.70. The van der Waals surface area contributed by atoms with E-state index in [4.69, 9.17) is 5.73 Å². The normalized spacial score (nSPS) is 26.5. The predicted molar refractivity (Wildman–Crippen MR) is 78.6 cm³/mol. The average molecular weight is 316 g/mol. The molecular weight excluding hydrogens is 296 g/mol. The molecule has 2 amide bonds. The number of Topliss-reactive ketones (excluding diaryl/α,β-unsaturated/α-hetero) is 1. The van der Waals surface area contributed by atoms with Gasteiger partial charge >= 0.3 is 0 Å². The maximum Gasteiger partial charge on any atom is 0.239 e. The highest BCUT2D eigenvalue weighted by atomic mass is 32.1. The molecule has 1 fully saturated rings. The topological polar surface area (TPSA) is 130 Å². The Balaban J connectivity index is 2.67. The first-order valence-electron chi connectivity index (χ1n) is 6.68. The van der Waals surface area contributed by atoms with E-state index in [2.05, 4.69) is 28.6 Å². The highest BCUT2D eigenvalue weighted by molar-refractivity contribution is 7.96. The lowest BCUT2D eigenvalue weighted by molar-refractivity contribution is -0.126. The maximum atomic E-state index is 11.8. The first-order valence-corrected chi connectivity index (χ1v) is 7.12. The van der Waals surface area contributed by atoms with Gasteiger partial charge in [-0.2, -0.15) is 0 Å². The molecule has 1 saturated heterocycles. The summed E-state index contributed by atoms with van der Waals surface area (Å²) >= 11 is 3.73. The highest BCUT2D eigenvalue weighted by Gasteiger charge is 2.20. The van der Waals surface area contributed by atoms with E-state index < -0.39 is 17.2 Å². The number of thiol groups is 1. The van der Waals surface area contributed by atoms with Crippen LogP contribution in [-0.2, 0) is 19.2 Å². The van der Waals surface area contributed by atoms with Crippen LogP contribution in [0.3, 0.4) is 0 Å². The lowest BCUT2D eigenvalue weighted by Gasteiger charge is -2.18. The molecule has 1 rings (SSSR count). The number of ketones is 1. The third-order valence-electron chi connectivity index (χ3n) is 3.12. The van der Waals surface area contributed by atoms with Crippen LogP contribution in [0.4, 0.5) is 0 Å². The Labute approximate surface area is 128 Å². The van der Waals surface area contributed by atoms with Crippen LogP contribution in [0, 0.1) is 0 Å². The second kappa shape index (κ2) is 8.75. The summed E-state index contributed by atoms with van der Waals surface area (Å²) in [5.74, 6) is -0.947. The molecule has 9 heteroatoms. The van der Waals surface area contributed by atoms with Gasteiger partial charge in [-0.15, -0.1) is 12.6 Å². The molecule has 0 spiro atoms. The first-order chi connectivity index (χ1) is 9.90. The molecule has 0 aromatic heterocycles. The van der Waals surface area contributed by atoms with E-state index in [0.29, 0.717) is 6.42 Å². The van der Waals surface area contributed by atoms with Gasteiger partial charge in [-0.25, -0.2) is 0 Å². The molecule has 0 radical (unpaired) electrons. The van der Waals surface area contributed by atoms with Gasteiger partial charge < -0.3 is 16.4 Å². The number of hydrogen-bond acceptors (Lipinski definition) is 6. The van der Waals surface area contributed by atoms with Crippen LogP contribution >= 0.6 is 12.6 Å². The molecule has 2 unspecified atom stereocenters. The van der Waals surface area contributed by atoms with Crippen molar-refractivity contribution in [2.75, 3.05) is 19.6 Å². The minimum atomic E-state index is -0.717. The van der Waals surface area contributed by atoms with E-state index >= 15 is 0 Å². The first kappa shape index (κ1) is 17.6. The second-order valence-electron chi connectivity index (χ2n) is 4.80. The van der Waals surface area contributed by atoms with Gasteiger partial charge in [-0.1, -0.05) is 0 Å². The van der Waals surface area contributed by atoms with Crippen LogP contribution in [0.1, 0.15) is 19.3 Å². The van der Waals surface area contributed by atoms with Gasteiger partial charge in [0.2, 0.25) is 16.9 Å². The van der Waals surface area contributed by atoms with Gasteiger partial charge in [0, 0.05) is 13.0 Å². The molecule has 5 N–H and O–H groups in total. The highest BCUT2D eigenvalue weighted by Crippen LogP contribution is 2.02. The number of amides is 2. The number of hydrogen-bond donors (Lipinski definition) is 5. The fraction of sp³-hybridized carbons (Fsp3) is 0.667. The van der Waals surface area contributed by atoms with E-state index in [-0.39, 0.29) is 50.1 Å². The van der Waals surface area contributed by atoms with E-state index in [1.807, 2.05) is 0 Å². The summed E-state index contributed by atoms with van der Waals surface area (Å²) in [6, 6.07) is -1.42. The fourth-order valence-corrected chi connectivity index (χ4v) is 2.02. The predicted octanol–water partition coefficient (Wildman–Crippen LogP) is -2.29. The molecule has 0 saturated carbocycles. The Kier molecular flexibility index (Phi) is 7.34. The number of rotatable bonds is 1. The Morgan fingerprint density at radius 2 is 1.81 bits per heavy atom. The smallest absolute Gasteiger partial charge is 0.239 e. The van der Waals surface area contributed by atoms with Crippen LogP contribution < -0.4 is 21.7 Å². The molecular formula is C12H20N4O4S. The monoisotopic (exact) mass is 316 g/mol. The Hall–Kier alpha value is -1.45. The van der Waals surface area contributed by atoms with Gasteiger partial charge in [-0.05, 0) is 12.8 Å². The second-order valence-corrected chi connectivity index (χ2v) is 5.24. The van der Waals surface area contributed by atoms with Gasteiger partial charge in [0.1, 0.15) is 0 Å². The van der Waals surface area contributed by atoms with Crippen molar-refractivity contribution in [1.82, 2.24) is 16.0 Å². The van der Waals surface area contributed by atoms with Crippen LogP contribution in [0.15, 0.2) is 0 Å². The number of carbonyl (C=O) groups excluding carboxylic acids is 4. The molecule has 0 aliphatic carbocycles. The largest absolute Gasteiger partial charge is 0.354 e. The maximum absolute atomic E-state index is 11.8. The van der Waals surface area contributed by atoms with E-state index in [1.54, 1.807) is 0 Å². The lowest BCUT2D eigenvalue weighted by atomic mass is 10.1. The molecule has 118 valence electrons. The van der Waals surface area contributed by atoms with E-state index in [1.165, 1.54) is 0 Å². The fourth-order valence-electron chi connectivity index (χ4n) is 1.80. The Bertz CT molecular complexity index is 429. The van der Waals surface area contributed by atoms with Gasteiger partial charge in [-0.3, -0.25) is 24.5 Å². The average Bonchev–Trinajstić information content (AvgIpc) is 2.43. The molecule has 0 bridgehead atoms. The van der Waals surface area contributed by atoms with Crippen molar-refractivity contribution in [2.24, 2.45) is 5.73 Å². The zero-order chi connectivity index (χ0) is 15.8. The molecule has 8 nitrogen and oxygen atoms in total. The third-order valence-corrected chi connectivity index (χ3v) is 3.43. The quantitative estimate of drug-likeness (QED) is 0.346. The molecule has 1 heterocycles. The summed E-state index contributed by atoms with van der Waals surface area (Å²) in [5, 5.41) is 7.32. The van der Waals surface area contributed by atoms with Crippen molar-refractivity contribution >= 4 is 35.3 Å². The minimum Gasteiger partial charge on any atom is -0.354 e. The molecule has 0 aromatic rings. The summed E-state index contributed by atoms with van der Waals surface area (Å²) in [7, 11) is 0. The Morgan fingerprint density at radius 3 is 2.48 bits per heavy atom. The lowest BCUT2D eigenvalue weighted by Crippen LogP contribution is -2.46. The summed E-state index contributed by atoms with van der Waals surface area (Å²) in [6.07, 6.45) is 0.537. The van der Waals surface area contributed by atoms with Crippen LogP contribution in [0.25, 0.3) is 0 Å². The standard InChI is InChI=1S/C12H20N4O4S/c13-7-3-4-14-11(19)6-16-10(18)2-1-8(12(20)21)15-5-9(7)17/h7-8,15H,1-6,13H2,(H,14,19)(H,16,18)(H,20,21). The van der Waals surface area contributed by atoms with Gasteiger partial charge in [0.05, 0.1) is 25.2 Å². The zero-order valence-corrected chi connectivity index (χ0v) is 12.4. The van der Waals surface area contributed by atoms with Gasteiger partial charge in [0.15, 0.2) is 5.78 Å². The summed E-state index contributed by atoms with van der Waals surface area (Å²) in [4.78, 5) is 46.1. The minimum absolute atomic E-state index is 0.0531. The van der Waals surface area contributed by atoms with E-state index in [9.17, 15) is 19.2 Å². The Morgan fingerprint density at radius 1 is 1.10 bits per heavy atom. The van der Waals surface area contributed by atoms with Gasteiger partial charge in [0.25, 0.3) is 0 Å². The molecule has 2 atom stereocenters. The summed E-state index contributed by atoms with van der Waals surface area (Å²) < 4.78 is 0. The third kappa shape index (κ3) is 6.69. The SMILES string of the molecule is NC1CCNC(=O)CNC(=O)CCC(C(=O)S)NCC1=O. The van der Waals surface area contributed by atoms with E-state index in [0.717, 1.165) is 0 Å². The van der Waals surface area contributed by atoms with Crippen molar-refractivity contribution in [3.63, 3.8) is 0 Å². The molecule has 21 heavy (non-hydrogen) atoms. The summed E-state index contributed by atoms with van der Waals surface area (Å²) in [6.45, 7) is 0.0270. The molecule has 1 aliphatic rings. The zero-order valence-electron chi connectivity index (χ0n) is 11.6. The number of carbonyl (C=O) groups is 4. The van der Waals surface area contributed by atoms with Crippen molar-refractivity contribution in [3.8, 4) is 0 Å². The van der Waals surface area contributed by atoms with Crippen molar-refractivity contribution in [1.29, 1.82) is 0 Å². The number of nitrogens with one attached hydrogen (secondary N) is 3. The van der Waals surface area contributed by atoms with Crippen LogP contribution in [0.5, 0.6) is 0 Å². The molecule has 0 aromatic carbocycles. The molecule has 1 aliphatic heterocycles. The number of nitrogens with two attached hydrogens (primary N) is 1. The van der Waals surface area contributed by atoms with Crippen molar-refractivity contribution in [2.45, 2.75) is 31.3 Å². The van der Waals surface area contributed by atoms with Crippen molar-refractivity contribution in [3.05, 3.63) is 0 Å². The van der Waals surface area contributed by atoms with Crippen LogP contribution in [0.2, 0.25) is 0 Å².